The van der Waals surface area contributed by atoms with Crippen molar-refractivity contribution in [2.45, 2.75) is 26.3 Å². The van der Waals surface area contributed by atoms with Crippen molar-refractivity contribution in [1.29, 1.82) is 0 Å². The number of hydrogen-bond donors (Lipinski definition) is 1. The Morgan fingerprint density at radius 3 is 2.53 bits per heavy atom. The highest BCUT2D eigenvalue weighted by Gasteiger charge is 2.42. The summed E-state index contributed by atoms with van der Waals surface area (Å²) in [4.78, 5) is 17.4. The van der Waals surface area contributed by atoms with E-state index in [0.717, 1.165) is 0 Å². The van der Waals surface area contributed by atoms with Gasteiger partial charge in [0.1, 0.15) is 5.01 Å². The third-order valence-corrected chi connectivity index (χ3v) is 3.65. The summed E-state index contributed by atoms with van der Waals surface area (Å²) in [6.45, 7) is 7.01. The first kappa shape index (κ1) is 12.1. The smallest absolute Gasteiger partial charge is 0.331 e. The quantitative estimate of drug-likeness (QED) is 0.834. The van der Waals surface area contributed by atoms with Crippen LogP contribution in [0.5, 0.6) is 0 Å². The molecule has 0 fully saturated rings. The van der Waals surface area contributed by atoms with Crippen LogP contribution in [0, 0.1) is 0 Å². The number of aromatic nitrogens is 1. The predicted octanol–water partition coefficient (Wildman–Crippen LogP) is 1.78. The standard InChI is InChI=1S/C10H16N2O2S/c1-4-12(5-2)10(3,9(13)14)8-11-6-7-15-8/h6-7H,4-5H2,1-3H3,(H,13,14). The highest BCUT2D eigenvalue weighted by Crippen LogP contribution is 2.29. The Kier molecular flexibility index (Phi) is 3.82. The molecule has 4 nitrogen and oxygen atoms in total. The molecule has 1 aromatic heterocycles. The third-order valence-electron chi connectivity index (χ3n) is 2.66. The molecule has 1 atom stereocenters. The fraction of sp³-hybridized carbons (Fsp3) is 0.600. The summed E-state index contributed by atoms with van der Waals surface area (Å²) in [5.74, 6) is -0.846. The molecule has 1 heterocycles. The summed E-state index contributed by atoms with van der Waals surface area (Å²) >= 11 is 1.38. The number of rotatable bonds is 5. The van der Waals surface area contributed by atoms with Crippen molar-refractivity contribution in [3.63, 3.8) is 0 Å². The van der Waals surface area contributed by atoms with Crippen LogP contribution >= 0.6 is 11.3 Å². The lowest BCUT2D eigenvalue weighted by Gasteiger charge is -2.34. The number of likely N-dealkylation sites (N-methyl/N-ethyl adjacent to an activating group) is 1. The van der Waals surface area contributed by atoms with E-state index >= 15 is 0 Å². The Bertz CT molecular complexity index is 322. The van der Waals surface area contributed by atoms with Gasteiger partial charge in [-0.2, -0.15) is 0 Å². The van der Waals surface area contributed by atoms with Crippen LogP contribution in [0.25, 0.3) is 0 Å². The second-order valence-electron chi connectivity index (χ2n) is 3.39. The lowest BCUT2D eigenvalue weighted by molar-refractivity contribution is -0.151. The van der Waals surface area contributed by atoms with Crippen molar-refractivity contribution in [3.05, 3.63) is 16.6 Å². The van der Waals surface area contributed by atoms with Gasteiger partial charge in [-0.25, -0.2) is 9.78 Å². The molecule has 0 aliphatic carbocycles. The van der Waals surface area contributed by atoms with E-state index in [-0.39, 0.29) is 0 Å². The fourth-order valence-electron chi connectivity index (χ4n) is 1.68. The lowest BCUT2D eigenvalue weighted by atomic mass is 10.0. The zero-order valence-corrected chi connectivity index (χ0v) is 10.0. The summed E-state index contributed by atoms with van der Waals surface area (Å²) in [5, 5.41) is 11.8. The Balaban J connectivity index is 3.14. The zero-order chi connectivity index (χ0) is 11.5. The summed E-state index contributed by atoms with van der Waals surface area (Å²) in [7, 11) is 0. The first-order valence-corrected chi connectivity index (χ1v) is 5.83. The number of aliphatic carboxylic acids is 1. The molecule has 0 aliphatic rings. The number of hydrogen-bond acceptors (Lipinski definition) is 4. The van der Waals surface area contributed by atoms with Gasteiger partial charge in [-0.3, -0.25) is 4.90 Å². The molecule has 0 aliphatic heterocycles. The van der Waals surface area contributed by atoms with Crippen LogP contribution in [-0.2, 0) is 10.3 Å². The minimum absolute atomic E-state index is 0.638. The van der Waals surface area contributed by atoms with Crippen molar-refractivity contribution in [1.82, 2.24) is 9.88 Å². The van der Waals surface area contributed by atoms with Gasteiger partial charge in [-0.15, -0.1) is 11.3 Å². The number of nitrogens with zero attached hydrogens (tertiary/aromatic N) is 2. The van der Waals surface area contributed by atoms with Crippen LogP contribution in [0.1, 0.15) is 25.8 Å². The molecule has 0 radical (unpaired) electrons. The lowest BCUT2D eigenvalue weighted by Crippen LogP contribution is -2.49. The molecular weight excluding hydrogens is 212 g/mol. The number of thiazole rings is 1. The van der Waals surface area contributed by atoms with Crippen LogP contribution in [0.3, 0.4) is 0 Å². The van der Waals surface area contributed by atoms with Gasteiger partial charge in [-0.1, -0.05) is 13.8 Å². The highest BCUT2D eigenvalue weighted by molar-refractivity contribution is 7.09. The maximum atomic E-state index is 11.4. The number of carbonyl (C=O) groups is 1. The van der Waals surface area contributed by atoms with Gasteiger partial charge < -0.3 is 5.11 Å². The van der Waals surface area contributed by atoms with Crippen LogP contribution in [0.4, 0.5) is 0 Å². The molecular formula is C10H16N2O2S. The van der Waals surface area contributed by atoms with E-state index in [1.807, 2.05) is 18.7 Å². The monoisotopic (exact) mass is 228 g/mol. The van der Waals surface area contributed by atoms with Crippen LogP contribution < -0.4 is 0 Å². The molecule has 0 saturated heterocycles. The first-order valence-electron chi connectivity index (χ1n) is 4.95. The van der Waals surface area contributed by atoms with Crippen molar-refractivity contribution in [2.75, 3.05) is 13.1 Å². The molecule has 15 heavy (non-hydrogen) atoms. The second-order valence-corrected chi connectivity index (χ2v) is 4.28. The van der Waals surface area contributed by atoms with E-state index in [2.05, 4.69) is 4.98 Å². The molecule has 0 bridgehead atoms. The average Bonchev–Trinajstić information content (AvgIpc) is 2.72. The van der Waals surface area contributed by atoms with Gasteiger partial charge in [0.2, 0.25) is 0 Å². The summed E-state index contributed by atoms with van der Waals surface area (Å²) < 4.78 is 0. The second kappa shape index (κ2) is 4.72. The van der Waals surface area contributed by atoms with Crippen LogP contribution in [-0.4, -0.2) is 34.0 Å². The fourth-order valence-corrected chi connectivity index (χ4v) is 2.50. The largest absolute Gasteiger partial charge is 0.480 e. The Hall–Kier alpha value is -0.940. The third kappa shape index (κ3) is 2.03. The molecule has 5 heteroatoms. The van der Waals surface area contributed by atoms with E-state index in [1.54, 1.807) is 18.5 Å². The maximum absolute atomic E-state index is 11.4. The maximum Gasteiger partial charge on any atom is 0.331 e. The van der Waals surface area contributed by atoms with Crippen molar-refractivity contribution in [3.8, 4) is 0 Å². The molecule has 0 saturated carbocycles. The van der Waals surface area contributed by atoms with Gasteiger partial charge in [0, 0.05) is 11.6 Å². The molecule has 0 aromatic carbocycles. The SMILES string of the molecule is CCN(CC)C(C)(C(=O)O)c1nccs1. The summed E-state index contributed by atoms with van der Waals surface area (Å²) in [6.07, 6.45) is 1.64. The zero-order valence-electron chi connectivity index (χ0n) is 9.23. The van der Waals surface area contributed by atoms with E-state index in [0.29, 0.717) is 18.1 Å². The first-order chi connectivity index (χ1) is 7.07. The molecule has 84 valence electrons. The van der Waals surface area contributed by atoms with Crippen LogP contribution in [0.15, 0.2) is 11.6 Å². The molecule has 0 amide bonds. The van der Waals surface area contributed by atoms with Crippen molar-refractivity contribution in [2.24, 2.45) is 0 Å². The average molecular weight is 228 g/mol. The minimum Gasteiger partial charge on any atom is -0.480 e. The number of carboxylic acid groups (broad SMARTS) is 1. The van der Waals surface area contributed by atoms with E-state index < -0.39 is 11.5 Å². The number of carboxylic acids is 1. The molecule has 1 N–H and O–H groups in total. The minimum atomic E-state index is -1.00. The van der Waals surface area contributed by atoms with E-state index in [9.17, 15) is 9.90 Å². The van der Waals surface area contributed by atoms with Gasteiger partial charge >= 0.3 is 5.97 Å². The Morgan fingerprint density at radius 2 is 2.20 bits per heavy atom. The van der Waals surface area contributed by atoms with Crippen molar-refractivity contribution >= 4 is 17.3 Å². The topological polar surface area (TPSA) is 53.4 Å². The molecule has 0 spiro atoms. The highest BCUT2D eigenvalue weighted by atomic mass is 32.1. The van der Waals surface area contributed by atoms with Gasteiger partial charge in [0.05, 0.1) is 0 Å². The van der Waals surface area contributed by atoms with Gasteiger partial charge in [0.15, 0.2) is 5.54 Å². The summed E-state index contributed by atoms with van der Waals surface area (Å²) in [6, 6.07) is 0. The normalized spacial score (nSPS) is 15.2. The van der Waals surface area contributed by atoms with Gasteiger partial charge in [-0.05, 0) is 20.0 Å². The van der Waals surface area contributed by atoms with Gasteiger partial charge in [0.25, 0.3) is 0 Å². The Labute approximate surface area is 93.6 Å². The molecule has 1 unspecified atom stereocenters. The predicted molar refractivity (Wildman–Crippen MR) is 60.0 cm³/mol. The molecule has 1 rings (SSSR count). The Morgan fingerprint density at radius 1 is 1.60 bits per heavy atom. The van der Waals surface area contributed by atoms with Crippen molar-refractivity contribution < 1.29 is 9.90 Å². The van der Waals surface area contributed by atoms with E-state index in [4.69, 9.17) is 0 Å². The van der Waals surface area contributed by atoms with E-state index in [1.165, 1.54) is 11.3 Å². The molecule has 1 aromatic rings. The van der Waals surface area contributed by atoms with Crippen LogP contribution in [0.2, 0.25) is 0 Å². The summed E-state index contributed by atoms with van der Waals surface area (Å²) in [5.41, 5.74) is -1.00.